The van der Waals surface area contributed by atoms with Gasteiger partial charge in [-0.2, -0.15) is 6.20 Å². The van der Waals surface area contributed by atoms with Crippen LogP contribution in [0.5, 0.6) is 0 Å². The molecule has 0 radical (unpaired) electrons. The molecule has 0 saturated carbocycles. The average Bonchev–Trinajstić information content (AvgIpc) is 2.42. The average molecular weight is 226 g/mol. The summed E-state index contributed by atoms with van der Waals surface area (Å²) in [5.74, 6) is 0. The maximum absolute atomic E-state index is 4.89. The Morgan fingerprint density at radius 1 is 1.64 bits per heavy atom. The van der Waals surface area contributed by atoms with Crippen LogP contribution in [-0.4, -0.2) is 13.3 Å². The first-order valence-corrected chi connectivity index (χ1v) is 7.11. The van der Waals surface area contributed by atoms with Crippen LogP contribution in [0.3, 0.4) is 0 Å². The second-order valence-electron chi connectivity index (χ2n) is 1.52. The van der Waals surface area contributed by atoms with E-state index in [1.165, 1.54) is 0 Å². The molecule has 0 atom stereocenters. The van der Waals surface area contributed by atoms with Crippen LogP contribution >= 0.6 is 18.6 Å². The molecule has 60 valence electrons. The van der Waals surface area contributed by atoms with E-state index in [-0.39, 0.29) is 0 Å². The van der Waals surface area contributed by atoms with Crippen molar-refractivity contribution in [3.8, 4) is 0 Å². The first kappa shape index (κ1) is 11.2. The fourth-order valence-corrected chi connectivity index (χ4v) is 0.522. The number of hydrogen-bond donors (Lipinski definition) is 0. The molecule has 1 aromatic rings. The first-order valence-electron chi connectivity index (χ1n) is 2.81. The maximum atomic E-state index is 4.89. The van der Waals surface area contributed by atoms with E-state index in [1.807, 2.05) is 12.1 Å². The molecule has 0 aliphatic heterocycles. The molecular formula is C6H7Cl2N2Ti-. The summed E-state index contributed by atoms with van der Waals surface area (Å²) in [5, 5.41) is 0. The summed E-state index contributed by atoms with van der Waals surface area (Å²) in [4.78, 5) is 7.75. The molecule has 1 rings (SSSR count). The van der Waals surface area contributed by atoms with Gasteiger partial charge in [0, 0.05) is 13.3 Å². The molecule has 0 unspecified atom stereocenters. The Morgan fingerprint density at radius 2 is 2.27 bits per heavy atom. The third kappa shape index (κ3) is 6.63. The van der Waals surface area contributed by atoms with E-state index in [4.69, 9.17) is 18.6 Å². The van der Waals surface area contributed by atoms with Crippen molar-refractivity contribution < 1.29 is 17.0 Å². The van der Waals surface area contributed by atoms with Gasteiger partial charge in [0.2, 0.25) is 0 Å². The third-order valence-electron chi connectivity index (χ3n) is 0.838. The molecule has 0 amide bonds. The van der Waals surface area contributed by atoms with Gasteiger partial charge in [-0.15, -0.1) is 5.69 Å². The van der Waals surface area contributed by atoms with Gasteiger partial charge < -0.3 is 4.98 Å². The molecule has 1 aromatic heterocycles. The van der Waals surface area contributed by atoms with Crippen LogP contribution in [0.25, 0.3) is 0 Å². The number of nitrogens with zero attached hydrogens (tertiary/aromatic N) is 2. The fraction of sp³-hybridized carbons (Fsp3) is 0.167. The molecule has 5 heteroatoms. The SMILES string of the molecule is CN=Cc1ccc[n-]1.[Cl][Ti][Cl]. The normalized spacial score (nSPS) is 9.00. The fourth-order valence-electron chi connectivity index (χ4n) is 0.522. The summed E-state index contributed by atoms with van der Waals surface area (Å²) in [7, 11) is 11.5. The number of halogens is 2. The van der Waals surface area contributed by atoms with Crippen molar-refractivity contribution in [2.45, 2.75) is 0 Å². The Kier molecular flexibility index (Phi) is 8.53. The number of rotatable bonds is 1. The van der Waals surface area contributed by atoms with Gasteiger partial charge in [0.25, 0.3) is 0 Å². The summed E-state index contributed by atoms with van der Waals surface area (Å²) in [6.45, 7) is 0. The van der Waals surface area contributed by atoms with Crippen molar-refractivity contribution in [3.05, 3.63) is 24.0 Å². The molecule has 11 heavy (non-hydrogen) atoms. The van der Waals surface area contributed by atoms with E-state index < -0.39 is 17.0 Å². The van der Waals surface area contributed by atoms with Gasteiger partial charge in [-0.25, -0.2) is 0 Å². The van der Waals surface area contributed by atoms with Gasteiger partial charge in [-0.05, 0) is 0 Å². The van der Waals surface area contributed by atoms with E-state index in [0.29, 0.717) is 0 Å². The van der Waals surface area contributed by atoms with E-state index >= 15 is 0 Å². The quantitative estimate of drug-likeness (QED) is 0.531. The molecule has 0 bridgehead atoms. The van der Waals surface area contributed by atoms with Crippen LogP contribution in [0.15, 0.2) is 23.3 Å². The molecule has 2 nitrogen and oxygen atoms in total. The van der Waals surface area contributed by atoms with Crippen LogP contribution < -0.4 is 4.98 Å². The van der Waals surface area contributed by atoms with Gasteiger partial charge in [-0.1, -0.05) is 12.1 Å². The topological polar surface area (TPSA) is 26.5 Å². The predicted octanol–water partition coefficient (Wildman–Crippen LogP) is 2.07. The summed E-state index contributed by atoms with van der Waals surface area (Å²) >= 11 is -0.556. The molecule has 1 heterocycles. The van der Waals surface area contributed by atoms with Crippen molar-refractivity contribution in [1.82, 2.24) is 4.98 Å². The molecule has 0 fully saturated rings. The third-order valence-corrected chi connectivity index (χ3v) is 0.838. The summed E-state index contributed by atoms with van der Waals surface area (Å²) in [6.07, 6.45) is 3.47. The predicted molar refractivity (Wildman–Crippen MR) is 45.0 cm³/mol. The zero-order valence-corrected chi connectivity index (χ0v) is 9.03. The monoisotopic (exact) mass is 225 g/mol. The molecule has 0 spiro atoms. The van der Waals surface area contributed by atoms with Crippen molar-refractivity contribution >= 4 is 24.8 Å². The Hall–Kier alpha value is 0.244. The van der Waals surface area contributed by atoms with Crippen LogP contribution in [0.1, 0.15) is 5.69 Å². The van der Waals surface area contributed by atoms with Crippen molar-refractivity contribution in [1.29, 1.82) is 0 Å². The van der Waals surface area contributed by atoms with E-state index in [9.17, 15) is 0 Å². The minimum atomic E-state index is -0.556. The minimum absolute atomic E-state index is 0.556. The van der Waals surface area contributed by atoms with Crippen LogP contribution in [0, 0.1) is 0 Å². The van der Waals surface area contributed by atoms with Crippen molar-refractivity contribution in [3.63, 3.8) is 0 Å². The number of aromatic nitrogens is 1. The van der Waals surface area contributed by atoms with E-state index in [2.05, 4.69) is 9.98 Å². The van der Waals surface area contributed by atoms with Gasteiger partial charge >= 0.3 is 35.6 Å². The Balaban J connectivity index is 0.000000292. The molecule has 0 saturated heterocycles. The van der Waals surface area contributed by atoms with E-state index in [1.54, 1.807) is 19.5 Å². The summed E-state index contributed by atoms with van der Waals surface area (Å²) in [6, 6.07) is 3.80. The van der Waals surface area contributed by atoms with Gasteiger partial charge in [0.15, 0.2) is 0 Å². The van der Waals surface area contributed by atoms with Crippen LogP contribution in [0.2, 0.25) is 0 Å². The van der Waals surface area contributed by atoms with Crippen molar-refractivity contribution in [2.24, 2.45) is 4.99 Å². The van der Waals surface area contributed by atoms with E-state index in [0.717, 1.165) is 5.69 Å². The molecule has 0 aliphatic rings. The summed E-state index contributed by atoms with van der Waals surface area (Å²) in [5.41, 5.74) is 0.924. The Bertz CT molecular complexity index is 186. The van der Waals surface area contributed by atoms with Crippen LogP contribution in [-0.2, 0) is 17.0 Å². The second-order valence-corrected chi connectivity index (χ2v) is 4.10. The standard InChI is InChI=1S/C6H7N2.2ClH.Ti/c1-7-5-6-3-2-4-8-6;;;/h2-5H,1H3;2*1H;/q-1;;;+2/p-2. The van der Waals surface area contributed by atoms with Gasteiger partial charge in [0.1, 0.15) is 0 Å². The summed E-state index contributed by atoms with van der Waals surface area (Å²) < 4.78 is 0. The Morgan fingerprint density at radius 3 is 2.64 bits per heavy atom. The first-order chi connectivity index (χ1) is 5.35. The Labute approximate surface area is 82.7 Å². The molecule has 0 aromatic carbocycles. The zero-order valence-electron chi connectivity index (χ0n) is 5.96. The zero-order chi connectivity index (χ0) is 8.53. The van der Waals surface area contributed by atoms with Gasteiger partial charge in [0.05, 0.1) is 0 Å². The number of hydrogen-bond acceptors (Lipinski definition) is 1. The molecule has 0 N–H and O–H groups in total. The van der Waals surface area contributed by atoms with Crippen molar-refractivity contribution in [2.75, 3.05) is 7.05 Å². The number of aliphatic imine (C=N–C) groups is 1. The second kappa shape index (κ2) is 8.34. The molecule has 0 aliphatic carbocycles. The van der Waals surface area contributed by atoms with Crippen LogP contribution in [0.4, 0.5) is 0 Å². The molecular weight excluding hydrogens is 219 g/mol. The van der Waals surface area contributed by atoms with Gasteiger partial charge in [-0.3, -0.25) is 4.99 Å².